The Labute approximate surface area is 98.7 Å². The number of amides is 3. The monoisotopic (exact) mass is 243 g/mol. The molecular weight excluding hydrogens is 226 g/mol. The number of carboxylic acids is 1. The van der Waals surface area contributed by atoms with Gasteiger partial charge in [0.25, 0.3) is 0 Å². The second kappa shape index (κ2) is 6.07. The molecule has 17 heavy (non-hydrogen) atoms. The predicted molar refractivity (Wildman–Crippen MR) is 59.1 cm³/mol. The summed E-state index contributed by atoms with van der Waals surface area (Å²) in [4.78, 5) is 32.5. The molecule has 0 heterocycles. The highest BCUT2D eigenvalue weighted by atomic mass is 16.4. The van der Waals surface area contributed by atoms with Crippen LogP contribution in [0, 0.1) is 5.92 Å². The van der Waals surface area contributed by atoms with Gasteiger partial charge in [0, 0.05) is 19.0 Å². The Morgan fingerprint density at radius 1 is 1.29 bits per heavy atom. The van der Waals surface area contributed by atoms with E-state index in [1.807, 2.05) is 0 Å². The molecule has 5 N–H and O–H groups in total. The molecule has 1 saturated carbocycles. The minimum atomic E-state index is -0.816. The molecule has 0 aromatic carbocycles. The summed E-state index contributed by atoms with van der Waals surface area (Å²) in [7, 11) is 0. The smallest absolute Gasteiger partial charge is 0.315 e. The summed E-state index contributed by atoms with van der Waals surface area (Å²) in [6.45, 7) is 0.191. The highest BCUT2D eigenvalue weighted by Gasteiger charge is 2.30. The molecule has 96 valence electrons. The van der Waals surface area contributed by atoms with Crippen molar-refractivity contribution in [2.45, 2.75) is 31.7 Å². The van der Waals surface area contributed by atoms with E-state index in [0.717, 1.165) is 0 Å². The number of nitrogens with two attached hydrogens (primary N) is 1. The third-order valence-corrected chi connectivity index (χ3v) is 2.77. The number of aliphatic carboxylic acids is 1. The normalized spacial score (nSPS) is 23.1. The number of carbonyl (C=O) groups is 3. The van der Waals surface area contributed by atoms with Crippen LogP contribution in [0.2, 0.25) is 0 Å². The first kappa shape index (κ1) is 13.3. The Hall–Kier alpha value is -1.79. The maximum Gasteiger partial charge on any atom is 0.315 e. The molecule has 7 heteroatoms. The van der Waals surface area contributed by atoms with E-state index in [-0.39, 0.29) is 31.0 Å². The van der Waals surface area contributed by atoms with Crippen molar-refractivity contribution in [3.05, 3.63) is 0 Å². The average Bonchev–Trinajstić information content (AvgIpc) is 2.65. The largest absolute Gasteiger partial charge is 0.481 e. The molecule has 1 fully saturated rings. The predicted octanol–water partition coefficient (Wildman–Crippen LogP) is -0.586. The van der Waals surface area contributed by atoms with Gasteiger partial charge >= 0.3 is 12.0 Å². The van der Waals surface area contributed by atoms with Gasteiger partial charge in [0.15, 0.2) is 0 Å². The van der Waals surface area contributed by atoms with Crippen LogP contribution in [0.25, 0.3) is 0 Å². The number of primary amides is 1. The molecule has 1 aliphatic rings. The summed E-state index contributed by atoms with van der Waals surface area (Å²) in [5.41, 5.74) is 4.92. The highest BCUT2D eigenvalue weighted by molar-refractivity contribution is 5.77. The molecule has 1 rings (SSSR count). The number of hydrogen-bond acceptors (Lipinski definition) is 3. The van der Waals surface area contributed by atoms with Gasteiger partial charge in [0.2, 0.25) is 5.91 Å². The minimum absolute atomic E-state index is 0.0931. The summed E-state index contributed by atoms with van der Waals surface area (Å²) in [6, 6.07) is -0.494. The molecule has 3 amide bonds. The average molecular weight is 243 g/mol. The molecule has 0 aliphatic heterocycles. The van der Waals surface area contributed by atoms with Crippen LogP contribution in [0.1, 0.15) is 25.7 Å². The molecule has 0 radical (unpaired) electrons. The van der Waals surface area contributed by atoms with Gasteiger partial charge in [-0.25, -0.2) is 4.79 Å². The Kier molecular flexibility index (Phi) is 4.74. The van der Waals surface area contributed by atoms with E-state index in [0.29, 0.717) is 19.3 Å². The van der Waals surface area contributed by atoms with E-state index in [1.54, 1.807) is 0 Å². The molecule has 1 aliphatic carbocycles. The first-order valence-electron chi connectivity index (χ1n) is 5.54. The summed E-state index contributed by atoms with van der Waals surface area (Å²) < 4.78 is 0. The number of rotatable bonds is 5. The summed E-state index contributed by atoms with van der Waals surface area (Å²) in [6.07, 6.45) is 1.80. The molecule has 2 atom stereocenters. The van der Waals surface area contributed by atoms with Crippen LogP contribution in [0.5, 0.6) is 0 Å². The van der Waals surface area contributed by atoms with Crippen molar-refractivity contribution in [1.29, 1.82) is 0 Å². The van der Waals surface area contributed by atoms with Crippen molar-refractivity contribution >= 4 is 17.9 Å². The molecule has 0 unspecified atom stereocenters. The van der Waals surface area contributed by atoms with E-state index in [2.05, 4.69) is 10.6 Å². The Morgan fingerprint density at radius 3 is 2.53 bits per heavy atom. The first-order valence-corrected chi connectivity index (χ1v) is 5.54. The van der Waals surface area contributed by atoms with E-state index >= 15 is 0 Å². The van der Waals surface area contributed by atoms with Crippen molar-refractivity contribution in [3.63, 3.8) is 0 Å². The number of carbonyl (C=O) groups excluding carboxylic acids is 2. The third kappa shape index (κ3) is 4.71. The van der Waals surface area contributed by atoms with Crippen molar-refractivity contribution in [2.24, 2.45) is 11.7 Å². The van der Waals surface area contributed by atoms with Crippen molar-refractivity contribution in [2.75, 3.05) is 6.54 Å². The Morgan fingerprint density at radius 2 is 2.00 bits per heavy atom. The van der Waals surface area contributed by atoms with E-state index < -0.39 is 11.9 Å². The van der Waals surface area contributed by atoms with Crippen LogP contribution in [0.4, 0.5) is 4.79 Å². The van der Waals surface area contributed by atoms with Gasteiger partial charge in [-0.3, -0.25) is 9.59 Å². The number of urea groups is 1. The Balaban J connectivity index is 2.19. The van der Waals surface area contributed by atoms with Gasteiger partial charge in [-0.15, -0.1) is 0 Å². The van der Waals surface area contributed by atoms with Crippen LogP contribution in [0.3, 0.4) is 0 Å². The topological polar surface area (TPSA) is 122 Å². The second-order valence-corrected chi connectivity index (χ2v) is 4.16. The SMILES string of the molecule is NC(=O)CCNC(=O)N[C@H]1CC[C@@H](C(=O)O)C1. The lowest BCUT2D eigenvalue weighted by molar-refractivity contribution is -0.141. The molecule has 0 saturated heterocycles. The second-order valence-electron chi connectivity index (χ2n) is 4.16. The van der Waals surface area contributed by atoms with Crippen LogP contribution >= 0.6 is 0 Å². The maximum absolute atomic E-state index is 11.3. The maximum atomic E-state index is 11.3. The van der Waals surface area contributed by atoms with Gasteiger partial charge in [0.1, 0.15) is 0 Å². The number of nitrogens with one attached hydrogen (secondary N) is 2. The zero-order chi connectivity index (χ0) is 12.8. The van der Waals surface area contributed by atoms with Crippen molar-refractivity contribution in [3.8, 4) is 0 Å². The van der Waals surface area contributed by atoms with Crippen LogP contribution in [0.15, 0.2) is 0 Å². The number of hydrogen-bond donors (Lipinski definition) is 4. The Bertz CT molecular complexity index is 319. The van der Waals surface area contributed by atoms with Crippen LogP contribution < -0.4 is 16.4 Å². The lowest BCUT2D eigenvalue weighted by Gasteiger charge is -2.12. The van der Waals surface area contributed by atoms with Crippen LogP contribution in [-0.4, -0.2) is 35.6 Å². The van der Waals surface area contributed by atoms with Gasteiger partial charge in [-0.1, -0.05) is 0 Å². The number of carboxylic acid groups (broad SMARTS) is 1. The molecular formula is C10H17N3O4. The van der Waals surface area contributed by atoms with Gasteiger partial charge < -0.3 is 21.5 Å². The van der Waals surface area contributed by atoms with Gasteiger partial charge in [-0.05, 0) is 19.3 Å². The molecule has 0 aromatic heterocycles. The molecule has 0 aromatic rings. The lowest BCUT2D eigenvalue weighted by Crippen LogP contribution is -2.42. The van der Waals surface area contributed by atoms with E-state index in [9.17, 15) is 14.4 Å². The quantitative estimate of drug-likeness (QED) is 0.515. The molecule has 7 nitrogen and oxygen atoms in total. The minimum Gasteiger partial charge on any atom is -0.481 e. The van der Waals surface area contributed by atoms with Crippen molar-refractivity contribution < 1.29 is 19.5 Å². The summed E-state index contributed by atoms with van der Waals surface area (Å²) >= 11 is 0. The molecule has 0 bridgehead atoms. The van der Waals surface area contributed by atoms with E-state index in [1.165, 1.54) is 0 Å². The molecule has 0 spiro atoms. The van der Waals surface area contributed by atoms with Gasteiger partial charge in [-0.2, -0.15) is 0 Å². The van der Waals surface area contributed by atoms with Crippen LogP contribution in [-0.2, 0) is 9.59 Å². The summed E-state index contributed by atoms with van der Waals surface area (Å²) in [5.74, 6) is -1.66. The fraction of sp³-hybridized carbons (Fsp3) is 0.700. The standard InChI is InChI=1S/C10H17N3O4/c11-8(14)3-4-12-10(17)13-7-2-1-6(5-7)9(15)16/h6-7H,1-5H2,(H2,11,14)(H,15,16)(H2,12,13,17)/t6-,7+/m1/s1. The van der Waals surface area contributed by atoms with Crippen molar-refractivity contribution in [1.82, 2.24) is 10.6 Å². The third-order valence-electron chi connectivity index (χ3n) is 2.77. The fourth-order valence-electron chi connectivity index (χ4n) is 1.87. The zero-order valence-corrected chi connectivity index (χ0v) is 9.44. The summed E-state index contributed by atoms with van der Waals surface area (Å²) in [5, 5.41) is 13.9. The van der Waals surface area contributed by atoms with E-state index in [4.69, 9.17) is 10.8 Å². The lowest BCUT2D eigenvalue weighted by atomic mass is 10.1. The highest BCUT2D eigenvalue weighted by Crippen LogP contribution is 2.25. The zero-order valence-electron chi connectivity index (χ0n) is 9.44. The van der Waals surface area contributed by atoms with Gasteiger partial charge in [0.05, 0.1) is 5.92 Å². The fourth-order valence-corrected chi connectivity index (χ4v) is 1.87. The first-order chi connectivity index (χ1) is 7.99.